The van der Waals surface area contributed by atoms with E-state index in [-0.39, 0.29) is 11.9 Å². The predicted molar refractivity (Wildman–Crippen MR) is 79.0 cm³/mol. The quantitative estimate of drug-likeness (QED) is 0.839. The van der Waals surface area contributed by atoms with Crippen LogP contribution in [0.5, 0.6) is 0 Å². The summed E-state index contributed by atoms with van der Waals surface area (Å²) in [6, 6.07) is 5.47. The number of anilines is 1. The second-order valence-electron chi connectivity index (χ2n) is 4.92. The lowest BCUT2D eigenvalue weighted by molar-refractivity contribution is 0.0538. The molecule has 5 heteroatoms. The van der Waals surface area contributed by atoms with Crippen LogP contribution in [0.25, 0.3) is 0 Å². The number of ether oxygens (including phenoxy) is 1. The smallest absolute Gasteiger partial charge is 0.252 e. The Hall–Kier alpha value is -1.07. The summed E-state index contributed by atoms with van der Waals surface area (Å²) in [6.07, 6.45) is 2.00. The zero-order valence-corrected chi connectivity index (χ0v) is 12.6. The van der Waals surface area contributed by atoms with Crippen LogP contribution in [0.4, 0.5) is 5.69 Å². The van der Waals surface area contributed by atoms with Gasteiger partial charge in [-0.25, -0.2) is 0 Å². The van der Waals surface area contributed by atoms with Crippen molar-refractivity contribution in [3.8, 4) is 0 Å². The average molecular weight is 327 g/mol. The summed E-state index contributed by atoms with van der Waals surface area (Å²) in [5, 5.41) is 3.05. The van der Waals surface area contributed by atoms with Crippen molar-refractivity contribution in [2.45, 2.75) is 25.8 Å². The molecule has 104 valence electrons. The molecule has 0 saturated carbocycles. The van der Waals surface area contributed by atoms with Crippen molar-refractivity contribution in [2.24, 2.45) is 5.92 Å². The molecule has 1 unspecified atom stereocenters. The second kappa shape index (κ2) is 6.39. The van der Waals surface area contributed by atoms with Gasteiger partial charge in [0.2, 0.25) is 0 Å². The number of carbonyl (C=O) groups is 1. The van der Waals surface area contributed by atoms with Gasteiger partial charge >= 0.3 is 0 Å². The summed E-state index contributed by atoms with van der Waals surface area (Å²) in [6.45, 7) is 3.62. The third-order valence-electron chi connectivity index (χ3n) is 3.61. The number of hydrogen-bond acceptors (Lipinski definition) is 3. The highest BCUT2D eigenvalue weighted by Crippen LogP contribution is 2.24. The highest BCUT2D eigenvalue weighted by molar-refractivity contribution is 9.10. The van der Waals surface area contributed by atoms with E-state index >= 15 is 0 Å². The molecule has 0 spiro atoms. The van der Waals surface area contributed by atoms with Gasteiger partial charge in [0.25, 0.3) is 5.91 Å². The van der Waals surface area contributed by atoms with Crippen molar-refractivity contribution < 1.29 is 9.53 Å². The normalized spacial score (nSPS) is 18.0. The molecule has 19 heavy (non-hydrogen) atoms. The summed E-state index contributed by atoms with van der Waals surface area (Å²) in [4.78, 5) is 12.2. The van der Waals surface area contributed by atoms with Gasteiger partial charge in [0.05, 0.1) is 10.0 Å². The highest BCUT2D eigenvalue weighted by atomic mass is 79.9. The monoisotopic (exact) mass is 326 g/mol. The van der Waals surface area contributed by atoms with Crippen LogP contribution in [0.3, 0.4) is 0 Å². The summed E-state index contributed by atoms with van der Waals surface area (Å²) in [5.74, 6) is 0.399. The molecule has 0 bridgehead atoms. The van der Waals surface area contributed by atoms with E-state index in [4.69, 9.17) is 10.5 Å². The number of halogens is 1. The van der Waals surface area contributed by atoms with Crippen molar-refractivity contribution in [3.05, 3.63) is 28.2 Å². The average Bonchev–Trinajstić information content (AvgIpc) is 2.42. The van der Waals surface area contributed by atoms with E-state index in [0.717, 1.165) is 26.1 Å². The Bertz CT molecular complexity index is 459. The number of rotatable bonds is 3. The molecule has 1 aliphatic rings. The van der Waals surface area contributed by atoms with E-state index in [9.17, 15) is 4.79 Å². The molecule has 4 nitrogen and oxygen atoms in total. The molecule has 1 aromatic carbocycles. The van der Waals surface area contributed by atoms with Crippen LogP contribution in [0.2, 0.25) is 0 Å². The summed E-state index contributed by atoms with van der Waals surface area (Å²) in [5.41, 5.74) is 6.95. The fourth-order valence-electron chi connectivity index (χ4n) is 2.34. The molecule has 1 amide bonds. The van der Waals surface area contributed by atoms with E-state index in [1.807, 2.05) is 6.92 Å². The third kappa shape index (κ3) is 3.48. The first-order chi connectivity index (χ1) is 9.09. The molecule has 0 radical (unpaired) electrons. The summed E-state index contributed by atoms with van der Waals surface area (Å²) >= 11 is 3.36. The number of amides is 1. The minimum atomic E-state index is -0.0850. The maximum atomic E-state index is 12.2. The van der Waals surface area contributed by atoms with Gasteiger partial charge in [-0.1, -0.05) is 6.07 Å². The van der Waals surface area contributed by atoms with E-state index in [1.165, 1.54) is 0 Å². The maximum Gasteiger partial charge on any atom is 0.252 e. The minimum Gasteiger partial charge on any atom is -0.398 e. The summed E-state index contributed by atoms with van der Waals surface area (Å²) in [7, 11) is 0. The van der Waals surface area contributed by atoms with E-state index in [1.54, 1.807) is 18.2 Å². The molecule has 0 aliphatic carbocycles. The molecule has 1 fully saturated rings. The zero-order chi connectivity index (χ0) is 13.8. The number of hydrogen-bond donors (Lipinski definition) is 2. The van der Waals surface area contributed by atoms with Crippen LogP contribution < -0.4 is 11.1 Å². The molecule has 1 heterocycles. The fraction of sp³-hybridized carbons (Fsp3) is 0.500. The van der Waals surface area contributed by atoms with Gasteiger partial charge in [-0.05, 0) is 53.7 Å². The van der Waals surface area contributed by atoms with Crippen LogP contribution >= 0.6 is 15.9 Å². The predicted octanol–water partition coefficient (Wildman–Crippen LogP) is 2.58. The Morgan fingerprint density at radius 2 is 2.16 bits per heavy atom. The van der Waals surface area contributed by atoms with Crippen molar-refractivity contribution >= 4 is 27.5 Å². The summed E-state index contributed by atoms with van der Waals surface area (Å²) < 4.78 is 6.00. The fourth-order valence-corrected chi connectivity index (χ4v) is 2.79. The van der Waals surface area contributed by atoms with Crippen LogP contribution in [-0.2, 0) is 4.74 Å². The molecular formula is C14H19BrN2O2. The van der Waals surface area contributed by atoms with Gasteiger partial charge < -0.3 is 15.8 Å². The Labute approximate surface area is 121 Å². The van der Waals surface area contributed by atoms with Gasteiger partial charge in [0, 0.05) is 24.9 Å². The van der Waals surface area contributed by atoms with Crippen molar-refractivity contribution in [3.63, 3.8) is 0 Å². The largest absolute Gasteiger partial charge is 0.398 e. The first-order valence-corrected chi connectivity index (χ1v) is 7.31. The topological polar surface area (TPSA) is 64.4 Å². The van der Waals surface area contributed by atoms with Crippen molar-refractivity contribution in [2.75, 3.05) is 18.9 Å². The Kier molecular flexibility index (Phi) is 4.82. The molecule has 3 N–H and O–H groups in total. The molecular weight excluding hydrogens is 308 g/mol. The Morgan fingerprint density at radius 1 is 1.47 bits per heavy atom. The van der Waals surface area contributed by atoms with E-state index in [0.29, 0.717) is 21.6 Å². The molecule has 0 aromatic heterocycles. The van der Waals surface area contributed by atoms with E-state index in [2.05, 4.69) is 21.2 Å². The number of nitrogens with one attached hydrogen (secondary N) is 1. The first-order valence-electron chi connectivity index (χ1n) is 6.52. The number of nitrogens with two attached hydrogens (primary N) is 1. The van der Waals surface area contributed by atoms with Crippen LogP contribution in [0.15, 0.2) is 22.7 Å². The highest BCUT2D eigenvalue weighted by Gasteiger charge is 2.23. The third-order valence-corrected chi connectivity index (χ3v) is 4.49. The zero-order valence-electron chi connectivity index (χ0n) is 11.0. The van der Waals surface area contributed by atoms with Gasteiger partial charge in [-0.3, -0.25) is 4.79 Å². The first kappa shape index (κ1) is 14.3. The SMILES string of the molecule is CC(NC(=O)c1cccc(N)c1Br)C1CCOCC1. The molecule has 2 rings (SSSR count). The molecule has 1 aliphatic heterocycles. The minimum absolute atomic E-state index is 0.0850. The number of nitrogen functional groups attached to an aromatic ring is 1. The van der Waals surface area contributed by atoms with E-state index < -0.39 is 0 Å². The van der Waals surface area contributed by atoms with Crippen molar-refractivity contribution in [1.82, 2.24) is 5.32 Å². The van der Waals surface area contributed by atoms with Gasteiger partial charge in [0.1, 0.15) is 0 Å². The van der Waals surface area contributed by atoms with Crippen LogP contribution in [0.1, 0.15) is 30.1 Å². The molecule has 1 atom stereocenters. The van der Waals surface area contributed by atoms with Gasteiger partial charge in [0.15, 0.2) is 0 Å². The van der Waals surface area contributed by atoms with Gasteiger partial charge in [-0.15, -0.1) is 0 Å². The lowest BCUT2D eigenvalue weighted by Gasteiger charge is -2.28. The Morgan fingerprint density at radius 3 is 2.84 bits per heavy atom. The lowest BCUT2D eigenvalue weighted by Crippen LogP contribution is -2.40. The number of benzene rings is 1. The van der Waals surface area contributed by atoms with Crippen LogP contribution in [-0.4, -0.2) is 25.2 Å². The number of carbonyl (C=O) groups excluding carboxylic acids is 1. The second-order valence-corrected chi connectivity index (χ2v) is 5.71. The maximum absolute atomic E-state index is 12.2. The standard InChI is InChI=1S/C14H19BrN2O2/c1-9(10-5-7-19-8-6-10)17-14(18)11-3-2-4-12(16)13(11)15/h2-4,9-10H,5-8,16H2,1H3,(H,17,18). The lowest BCUT2D eigenvalue weighted by atomic mass is 9.93. The molecule has 1 saturated heterocycles. The van der Waals surface area contributed by atoms with Gasteiger partial charge in [-0.2, -0.15) is 0 Å². The molecule has 1 aromatic rings. The van der Waals surface area contributed by atoms with Crippen LogP contribution in [0, 0.1) is 5.92 Å². The Balaban J connectivity index is 2.02. The van der Waals surface area contributed by atoms with Crippen molar-refractivity contribution in [1.29, 1.82) is 0 Å².